The summed E-state index contributed by atoms with van der Waals surface area (Å²) in [5.74, 6) is 1.43. The first-order valence-electron chi connectivity index (χ1n) is 9.74. The summed E-state index contributed by atoms with van der Waals surface area (Å²) >= 11 is 0. The van der Waals surface area contributed by atoms with Gasteiger partial charge in [0.15, 0.2) is 0 Å². The van der Waals surface area contributed by atoms with Crippen molar-refractivity contribution in [3.05, 3.63) is 35.4 Å². The fourth-order valence-corrected chi connectivity index (χ4v) is 4.25. The number of amides is 2. The van der Waals surface area contributed by atoms with Crippen molar-refractivity contribution >= 4 is 11.8 Å². The Kier molecular flexibility index (Phi) is 4.53. The van der Waals surface area contributed by atoms with Crippen LogP contribution in [0.4, 0.5) is 0 Å². The molecular formula is C21H28N2O2. The van der Waals surface area contributed by atoms with Crippen molar-refractivity contribution in [2.75, 3.05) is 26.2 Å². The van der Waals surface area contributed by atoms with E-state index < -0.39 is 0 Å². The molecule has 3 aliphatic rings. The summed E-state index contributed by atoms with van der Waals surface area (Å²) < 4.78 is 0. The number of piperidine rings is 1. The van der Waals surface area contributed by atoms with Gasteiger partial charge in [0.1, 0.15) is 0 Å². The molecule has 2 saturated heterocycles. The molecule has 25 heavy (non-hydrogen) atoms. The molecule has 2 aliphatic heterocycles. The highest BCUT2D eigenvalue weighted by Gasteiger charge is 2.39. The van der Waals surface area contributed by atoms with Crippen LogP contribution < -0.4 is 0 Å². The zero-order valence-corrected chi connectivity index (χ0v) is 15.1. The van der Waals surface area contributed by atoms with E-state index in [9.17, 15) is 9.59 Å². The molecule has 1 aromatic rings. The molecule has 2 amide bonds. The maximum Gasteiger partial charge on any atom is 0.227 e. The molecule has 1 aromatic carbocycles. The van der Waals surface area contributed by atoms with Crippen LogP contribution in [0.1, 0.15) is 36.8 Å². The summed E-state index contributed by atoms with van der Waals surface area (Å²) in [6.07, 6.45) is 5.05. The van der Waals surface area contributed by atoms with Crippen LogP contribution >= 0.6 is 0 Å². The Bertz CT molecular complexity index is 662. The van der Waals surface area contributed by atoms with Crippen LogP contribution in [0.3, 0.4) is 0 Å². The second kappa shape index (κ2) is 6.81. The Labute approximate surface area is 150 Å². The number of carbonyl (C=O) groups excluding carboxylic acids is 2. The van der Waals surface area contributed by atoms with Crippen molar-refractivity contribution in [2.24, 2.45) is 17.8 Å². The highest BCUT2D eigenvalue weighted by Crippen LogP contribution is 2.33. The van der Waals surface area contributed by atoms with Crippen molar-refractivity contribution in [2.45, 2.75) is 39.0 Å². The summed E-state index contributed by atoms with van der Waals surface area (Å²) in [4.78, 5) is 29.0. The first-order valence-corrected chi connectivity index (χ1v) is 9.74. The molecule has 0 radical (unpaired) electrons. The number of benzene rings is 1. The molecule has 4 nitrogen and oxygen atoms in total. The fraction of sp³-hybridized carbons (Fsp3) is 0.619. The van der Waals surface area contributed by atoms with Gasteiger partial charge in [-0.15, -0.1) is 0 Å². The lowest BCUT2D eigenvalue weighted by Gasteiger charge is -2.43. The van der Waals surface area contributed by atoms with Crippen molar-refractivity contribution < 1.29 is 9.59 Å². The Morgan fingerprint density at radius 3 is 2.40 bits per heavy atom. The van der Waals surface area contributed by atoms with Crippen LogP contribution in [-0.4, -0.2) is 47.8 Å². The predicted molar refractivity (Wildman–Crippen MR) is 97.0 cm³/mol. The van der Waals surface area contributed by atoms with E-state index >= 15 is 0 Å². The minimum atomic E-state index is 0.0239. The average Bonchev–Trinajstić information content (AvgIpc) is 3.43. The lowest BCUT2D eigenvalue weighted by Crippen LogP contribution is -2.55. The minimum Gasteiger partial charge on any atom is -0.342 e. The van der Waals surface area contributed by atoms with E-state index in [0.29, 0.717) is 18.4 Å². The molecule has 3 fully saturated rings. The molecule has 1 saturated carbocycles. The largest absolute Gasteiger partial charge is 0.342 e. The van der Waals surface area contributed by atoms with E-state index in [0.717, 1.165) is 51.7 Å². The third-order valence-electron chi connectivity index (χ3n) is 6.05. The molecule has 134 valence electrons. The molecule has 1 atom stereocenters. The van der Waals surface area contributed by atoms with Gasteiger partial charge in [0.2, 0.25) is 11.8 Å². The van der Waals surface area contributed by atoms with E-state index in [1.54, 1.807) is 0 Å². The first kappa shape index (κ1) is 16.6. The highest BCUT2D eigenvalue weighted by molar-refractivity contribution is 5.84. The van der Waals surface area contributed by atoms with E-state index in [2.05, 4.69) is 31.2 Å². The van der Waals surface area contributed by atoms with Crippen molar-refractivity contribution in [3.63, 3.8) is 0 Å². The SMILES string of the molecule is Cc1ccccc1CC1CN(C(=O)C2CCCN(C(=O)C3CC3)C2)C1. The first-order chi connectivity index (χ1) is 12.1. The Balaban J connectivity index is 1.28. The third-order valence-corrected chi connectivity index (χ3v) is 6.05. The molecule has 2 heterocycles. The number of likely N-dealkylation sites (tertiary alicyclic amines) is 2. The number of hydrogen-bond donors (Lipinski definition) is 0. The lowest BCUT2D eigenvalue weighted by atomic mass is 9.88. The van der Waals surface area contributed by atoms with E-state index in [1.165, 1.54) is 11.1 Å². The number of nitrogens with zero attached hydrogens (tertiary/aromatic N) is 2. The number of carbonyl (C=O) groups is 2. The molecule has 4 rings (SSSR count). The van der Waals surface area contributed by atoms with Crippen molar-refractivity contribution in [1.29, 1.82) is 0 Å². The molecule has 4 heteroatoms. The normalized spacial score (nSPS) is 24.1. The van der Waals surface area contributed by atoms with Gasteiger partial charge in [-0.05, 0) is 56.1 Å². The van der Waals surface area contributed by atoms with Crippen LogP contribution in [0.5, 0.6) is 0 Å². The van der Waals surface area contributed by atoms with Crippen molar-refractivity contribution in [1.82, 2.24) is 9.80 Å². The fourth-order valence-electron chi connectivity index (χ4n) is 4.25. The molecule has 0 N–H and O–H groups in total. The summed E-state index contributed by atoms with van der Waals surface area (Å²) in [5.41, 5.74) is 2.74. The van der Waals surface area contributed by atoms with Crippen LogP contribution in [0.2, 0.25) is 0 Å². The van der Waals surface area contributed by atoms with E-state index in [-0.39, 0.29) is 17.7 Å². The molecular weight excluding hydrogens is 312 g/mol. The van der Waals surface area contributed by atoms with Gasteiger partial charge < -0.3 is 9.80 Å². The summed E-state index contributed by atoms with van der Waals surface area (Å²) in [5, 5.41) is 0. The van der Waals surface area contributed by atoms with Crippen LogP contribution in [-0.2, 0) is 16.0 Å². The molecule has 1 unspecified atom stereocenters. The van der Waals surface area contributed by atoms with Gasteiger partial charge in [-0.3, -0.25) is 9.59 Å². The Morgan fingerprint density at radius 2 is 1.68 bits per heavy atom. The zero-order valence-electron chi connectivity index (χ0n) is 15.1. The molecule has 0 aromatic heterocycles. The monoisotopic (exact) mass is 340 g/mol. The third kappa shape index (κ3) is 3.58. The van der Waals surface area contributed by atoms with Crippen LogP contribution in [0.15, 0.2) is 24.3 Å². The number of aryl methyl sites for hydroxylation is 1. The zero-order chi connectivity index (χ0) is 17.4. The van der Waals surface area contributed by atoms with Gasteiger partial charge >= 0.3 is 0 Å². The average molecular weight is 340 g/mol. The summed E-state index contributed by atoms with van der Waals surface area (Å²) in [7, 11) is 0. The standard InChI is InChI=1S/C21H28N2O2/c1-15-5-2-3-6-18(15)11-16-12-23(13-16)21(25)19-7-4-10-22(14-19)20(24)17-8-9-17/h2-3,5-6,16-17,19H,4,7-14H2,1H3. The molecule has 1 aliphatic carbocycles. The summed E-state index contributed by atoms with van der Waals surface area (Å²) in [6, 6.07) is 8.53. The summed E-state index contributed by atoms with van der Waals surface area (Å²) in [6.45, 7) is 5.40. The minimum absolute atomic E-state index is 0.0239. The second-order valence-corrected chi connectivity index (χ2v) is 8.14. The number of hydrogen-bond acceptors (Lipinski definition) is 2. The maximum absolute atomic E-state index is 12.8. The molecule has 0 bridgehead atoms. The topological polar surface area (TPSA) is 40.6 Å². The van der Waals surface area contributed by atoms with Gasteiger partial charge in [-0.2, -0.15) is 0 Å². The smallest absolute Gasteiger partial charge is 0.227 e. The predicted octanol–water partition coefficient (Wildman–Crippen LogP) is 2.64. The maximum atomic E-state index is 12.8. The molecule has 0 spiro atoms. The lowest BCUT2D eigenvalue weighted by molar-refractivity contribution is -0.146. The van der Waals surface area contributed by atoms with Gasteiger partial charge in [0.05, 0.1) is 5.92 Å². The van der Waals surface area contributed by atoms with Gasteiger partial charge in [-0.1, -0.05) is 24.3 Å². The van der Waals surface area contributed by atoms with Gasteiger partial charge in [-0.25, -0.2) is 0 Å². The Morgan fingerprint density at radius 1 is 0.960 bits per heavy atom. The number of rotatable bonds is 4. The van der Waals surface area contributed by atoms with Gasteiger partial charge in [0.25, 0.3) is 0 Å². The van der Waals surface area contributed by atoms with Gasteiger partial charge in [0, 0.05) is 32.1 Å². The second-order valence-electron chi connectivity index (χ2n) is 8.14. The van der Waals surface area contributed by atoms with E-state index in [4.69, 9.17) is 0 Å². The highest BCUT2D eigenvalue weighted by atomic mass is 16.2. The Hall–Kier alpha value is -1.84. The van der Waals surface area contributed by atoms with Crippen molar-refractivity contribution in [3.8, 4) is 0 Å². The quantitative estimate of drug-likeness (QED) is 0.845. The van der Waals surface area contributed by atoms with E-state index in [1.807, 2.05) is 9.80 Å². The van der Waals surface area contributed by atoms with Crippen LogP contribution in [0, 0.1) is 24.7 Å². The van der Waals surface area contributed by atoms with Crippen LogP contribution in [0.25, 0.3) is 0 Å².